The lowest BCUT2D eigenvalue weighted by Gasteiger charge is -2.44. The summed E-state index contributed by atoms with van der Waals surface area (Å²) in [4.78, 5) is 2.70. The highest BCUT2D eigenvalue weighted by Gasteiger charge is 2.41. The first-order valence-corrected chi connectivity index (χ1v) is 7.48. The van der Waals surface area contributed by atoms with Crippen molar-refractivity contribution in [3.05, 3.63) is 0 Å². The second-order valence-electron chi connectivity index (χ2n) is 6.91. The Morgan fingerprint density at radius 3 is 2.41 bits per heavy atom. The molecule has 0 amide bonds. The standard InChI is InChI=1S/C15H30N2/c1-15(2)10-6-9-14(15)17(3)13-8-5-4-7-12(13)11-16/h12-14H,4-11,16H2,1-3H3. The van der Waals surface area contributed by atoms with Gasteiger partial charge in [0.25, 0.3) is 0 Å². The Morgan fingerprint density at radius 1 is 1.12 bits per heavy atom. The van der Waals surface area contributed by atoms with Crippen molar-refractivity contribution >= 4 is 0 Å². The van der Waals surface area contributed by atoms with Gasteiger partial charge in [-0.1, -0.05) is 33.1 Å². The van der Waals surface area contributed by atoms with Gasteiger partial charge in [-0.05, 0) is 50.6 Å². The fourth-order valence-corrected chi connectivity index (χ4v) is 4.29. The van der Waals surface area contributed by atoms with Gasteiger partial charge >= 0.3 is 0 Å². The van der Waals surface area contributed by atoms with E-state index in [4.69, 9.17) is 5.73 Å². The molecule has 2 rings (SSSR count). The Morgan fingerprint density at radius 2 is 1.82 bits per heavy atom. The molecular formula is C15H30N2. The molecule has 0 aromatic heterocycles. The van der Waals surface area contributed by atoms with Gasteiger partial charge in [-0.3, -0.25) is 4.90 Å². The highest BCUT2D eigenvalue weighted by molar-refractivity contribution is 4.95. The number of hydrogen-bond donors (Lipinski definition) is 1. The molecule has 0 aliphatic heterocycles. The highest BCUT2D eigenvalue weighted by atomic mass is 15.2. The van der Waals surface area contributed by atoms with Gasteiger partial charge in [-0.15, -0.1) is 0 Å². The van der Waals surface area contributed by atoms with Crippen LogP contribution in [0.1, 0.15) is 58.8 Å². The van der Waals surface area contributed by atoms with Crippen LogP contribution in [-0.4, -0.2) is 30.6 Å². The van der Waals surface area contributed by atoms with Crippen LogP contribution < -0.4 is 5.73 Å². The molecule has 2 aliphatic rings. The molecule has 2 fully saturated rings. The fourth-order valence-electron chi connectivity index (χ4n) is 4.29. The van der Waals surface area contributed by atoms with Gasteiger partial charge in [-0.2, -0.15) is 0 Å². The molecule has 0 heterocycles. The maximum Gasteiger partial charge on any atom is 0.0146 e. The van der Waals surface area contributed by atoms with E-state index in [9.17, 15) is 0 Å². The van der Waals surface area contributed by atoms with Crippen molar-refractivity contribution in [3.63, 3.8) is 0 Å². The van der Waals surface area contributed by atoms with Crippen molar-refractivity contribution in [3.8, 4) is 0 Å². The van der Waals surface area contributed by atoms with Crippen molar-refractivity contribution in [2.45, 2.75) is 70.9 Å². The third-order valence-electron chi connectivity index (χ3n) is 5.39. The normalized spacial score (nSPS) is 37.6. The van der Waals surface area contributed by atoms with E-state index in [-0.39, 0.29) is 0 Å². The largest absolute Gasteiger partial charge is 0.330 e. The van der Waals surface area contributed by atoms with Crippen LogP contribution in [0.3, 0.4) is 0 Å². The first kappa shape index (κ1) is 13.4. The van der Waals surface area contributed by atoms with Crippen LogP contribution in [-0.2, 0) is 0 Å². The van der Waals surface area contributed by atoms with Gasteiger partial charge in [0.05, 0.1) is 0 Å². The Kier molecular flexibility index (Phi) is 4.14. The van der Waals surface area contributed by atoms with Crippen LogP contribution in [0.4, 0.5) is 0 Å². The first-order valence-electron chi connectivity index (χ1n) is 7.48. The van der Waals surface area contributed by atoms with Crippen molar-refractivity contribution in [1.82, 2.24) is 4.90 Å². The first-order chi connectivity index (χ1) is 8.06. The summed E-state index contributed by atoms with van der Waals surface area (Å²) in [5.41, 5.74) is 6.48. The van der Waals surface area contributed by atoms with Gasteiger partial charge in [0.1, 0.15) is 0 Å². The molecule has 0 saturated heterocycles. The molecule has 0 aromatic carbocycles. The molecule has 0 spiro atoms. The lowest BCUT2D eigenvalue weighted by atomic mass is 9.80. The molecule has 3 atom stereocenters. The van der Waals surface area contributed by atoms with Crippen LogP contribution in [0.5, 0.6) is 0 Å². The maximum absolute atomic E-state index is 5.97. The van der Waals surface area contributed by atoms with E-state index in [1.807, 2.05) is 0 Å². The van der Waals surface area contributed by atoms with Gasteiger partial charge in [0.15, 0.2) is 0 Å². The summed E-state index contributed by atoms with van der Waals surface area (Å²) in [6.45, 7) is 5.77. The fraction of sp³-hybridized carbons (Fsp3) is 1.00. The Labute approximate surface area is 107 Å². The van der Waals surface area contributed by atoms with Gasteiger partial charge in [-0.25, -0.2) is 0 Å². The summed E-state index contributed by atoms with van der Waals surface area (Å²) in [5, 5.41) is 0. The van der Waals surface area contributed by atoms with Crippen molar-refractivity contribution < 1.29 is 0 Å². The highest BCUT2D eigenvalue weighted by Crippen LogP contribution is 2.42. The summed E-state index contributed by atoms with van der Waals surface area (Å²) in [5.74, 6) is 0.741. The van der Waals surface area contributed by atoms with E-state index in [2.05, 4.69) is 25.8 Å². The summed E-state index contributed by atoms with van der Waals surface area (Å²) in [7, 11) is 2.36. The van der Waals surface area contributed by atoms with E-state index < -0.39 is 0 Å². The van der Waals surface area contributed by atoms with Crippen LogP contribution in [0.2, 0.25) is 0 Å². The smallest absolute Gasteiger partial charge is 0.0146 e. The summed E-state index contributed by atoms with van der Waals surface area (Å²) in [6.07, 6.45) is 9.68. The molecule has 0 bridgehead atoms. The number of nitrogens with two attached hydrogens (primary N) is 1. The second kappa shape index (κ2) is 5.27. The zero-order chi connectivity index (χ0) is 12.5. The van der Waals surface area contributed by atoms with E-state index in [1.165, 1.54) is 44.9 Å². The third-order valence-corrected chi connectivity index (χ3v) is 5.39. The zero-order valence-corrected chi connectivity index (χ0v) is 11.9. The van der Waals surface area contributed by atoms with Crippen LogP contribution in [0.25, 0.3) is 0 Å². The van der Waals surface area contributed by atoms with Gasteiger partial charge < -0.3 is 5.73 Å². The Balaban J connectivity index is 2.04. The molecule has 0 aromatic rings. The van der Waals surface area contributed by atoms with E-state index >= 15 is 0 Å². The molecule has 17 heavy (non-hydrogen) atoms. The summed E-state index contributed by atoms with van der Waals surface area (Å²) < 4.78 is 0. The Bertz CT molecular complexity index is 249. The molecule has 2 N–H and O–H groups in total. The molecule has 2 nitrogen and oxygen atoms in total. The summed E-state index contributed by atoms with van der Waals surface area (Å²) in [6, 6.07) is 1.52. The van der Waals surface area contributed by atoms with E-state index in [1.54, 1.807) is 0 Å². The number of nitrogens with zero attached hydrogens (tertiary/aromatic N) is 1. The minimum absolute atomic E-state index is 0.505. The molecule has 2 heteroatoms. The van der Waals surface area contributed by atoms with Crippen molar-refractivity contribution in [1.29, 1.82) is 0 Å². The Hall–Kier alpha value is -0.0800. The molecule has 3 unspecified atom stereocenters. The molecule has 0 radical (unpaired) electrons. The van der Waals surface area contributed by atoms with Crippen LogP contribution >= 0.6 is 0 Å². The average Bonchev–Trinajstić information content (AvgIpc) is 2.68. The third kappa shape index (κ3) is 2.68. The van der Waals surface area contributed by atoms with Gasteiger partial charge in [0, 0.05) is 12.1 Å². The number of rotatable bonds is 3. The zero-order valence-electron chi connectivity index (χ0n) is 11.9. The lowest BCUT2D eigenvalue weighted by molar-refractivity contribution is 0.0484. The predicted octanol–water partition coefficient (Wildman–Crippen LogP) is 3.01. The molecular weight excluding hydrogens is 208 g/mol. The number of hydrogen-bond acceptors (Lipinski definition) is 2. The SMILES string of the molecule is CN(C1CCCCC1CN)C1CCCC1(C)C. The lowest BCUT2D eigenvalue weighted by Crippen LogP contribution is -2.50. The minimum Gasteiger partial charge on any atom is -0.330 e. The van der Waals surface area contributed by atoms with Gasteiger partial charge in [0.2, 0.25) is 0 Å². The maximum atomic E-state index is 5.97. The van der Waals surface area contributed by atoms with E-state index in [0.717, 1.165) is 24.5 Å². The van der Waals surface area contributed by atoms with Crippen LogP contribution in [0.15, 0.2) is 0 Å². The average molecular weight is 238 g/mol. The monoisotopic (exact) mass is 238 g/mol. The quantitative estimate of drug-likeness (QED) is 0.819. The predicted molar refractivity (Wildman–Crippen MR) is 74.0 cm³/mol. The molecule has 100 valence electrons. The molecule has 2 saturated carbocycles. The van der Waals surface area contributed by atoms with Crippen molar-refractivity contribution in [2.24, 2.45) is 17.1 Å². The van der Waals surface area contributed by atoms with Crippen LogP contribution in [0, 0.1) is 11.3 Å². The van der Waals surface area contributed by atoms with E-state index in [0.29, 0.717) is 5.41 Å². The second-order valence-corrected chi connectivity index (χ2v) is 6.91. The molecule has 2 aliphatic carbocycles. The summed E-state index contributed by atoms with van der Waals surface area (Å²) >= 11 is 0. The topological polar surface area (TPSA) is 29.3 Å². The minimum atomic E-state index is 0.505. The van der Waals surface area contributed by atoms with Crippen molar-refractivity contribution in [2.75, 3.05) is 13.6 Å².